The monoisotopic (exact) mass is 436 g/mol. The van der Waals surface area contributed by atoms with E-state index in [0.717, 1.165) is 6.42 Å². The van der Waals surface area contributed by atoms with Gasteiger partial charge in [0.05, 0.1) is 0 Å². The standard InChI is InChI=1S/C8H10.Cl7HSi3/c1-2-8-6-4-3-5-7-8;1-8(2)10(6,7)9(3,4)5/h3-7H,2H2,1H3;8H. The summed E-state index contributed by atoms with van der Waals surface area (Å²) in [7, 11) is 0. The smallest absolute Gasteiger partial charge is 0.151 e. The third-order valence-corrected chi connectivity index (χ3v) is 54.1. The number of rotatable bonds is 3. The van der Waals surface area contributed by atoms with Crippen LogP contribution in [0.2, 0.25) is 0 Å². The molecule has 10 heteroatoms. The van der Waals surface area contributed by atoms with Crippen molar-refractivity contribution in [1.29, 1.82) is 0 Å². The molecular formula is C8H11Cl7Si3. The van der Waals surface area contributed by atoms with E-state index in [1.54, 1.807) is 0 Å². The van der Waals surface area contributed by atoms with Crippen LogP contribution in [0.4, 0.5) is 0 Å². The quantitative estimate of drug-likeness (QED) is 0.421. The van der Waals surface area contributed by atoms with Crippen molar-refractivity contribution < 1.29 is 0 Å². The fraction of sp³-hybridized carbons (Fsp3) is 0.250. The summed E-state index contributed by atoms with van der Waals surface area (Å²) in [5, 5.41) is 0. The summed E-state index contributed by atoms with van der Waals surface area (Å²) in [6, 6.07) is 10.5. The highest BCUT2D eigenvalue weighted by atomic mass is 35.9. The lowest BCUT2D eigenvalue weighted by molar-refractivity contribution is 1.14. The zero-order valence-electron chi connectivity index (χ0n) is 9.32. The van der Waals surface area contributed by atoms with Crippen LogP contribution in [0.1, 0.15) is 12.5 Å². The summed E-state index contributed by atoms with van der Waals surface area (Å²) in [4.78, 5) is 0. The molecule has 0 saturated heterocycles. The van der Waals surface area contributed by atoms with Crippen molar-refractivity contribution in [2.24, 2.45) is 0 Å². The van der Waals surface area contributed by atoms with Gasteiger partial charge in [0.1, 0.15) is 0 Å². The first-order chi connectivity index (χ1) is 8.13. The van der Waals surface area contributed by atoms with E-state index in [2.05, 4.69) is 31.2 Å². The van der Waals surface area contributed by atoms with E-state index < -0.39 is 18.2 Å². The Balaban J connectivity index is 0.000000327. The van der Waals surface area contributed by atoms with Crippen LogP contribution in [0, 0.1) is 0 Å². The molecule has 1 rings (SSSR count). The first-order valence-electron chi connectivity index (χ1n) is 4.89. The lowest BCUT2D eigenvalue weighted by Crippen LogP contribution is -2.51. The Hall–Kier alpha value is 1.90. The van der Waals surface area contributed by atoms with E-state index in [1.165, 1.54) is 5.56 Å². The second kappa shape index (κ2) is 9.03. The van der Waals surface area contributed by atoms with Gasteiger partial charge in [-0.25, -0.2) is 0 Å². The minimum Gasteiger partial charge on any atom is -0.151 e. The number of hydrogen-bond donors (Lipinski definition) is 0. The normalized spacial score (nSPS) is 12.1. The van der Waals surface area contributed by atoms with Gasteiger partial charge in [-0.05, 0) is 12.0 Å². The summed E-state index contributed by atoms with van der Waals surface area (Å²) in [5.74, 6) is 0. The van der Waals surface area contributed by atoms with Crippen molar-refractivity contribution in [1.82, 2.24) is 0 Å². The van der Waals surface area contributed by atoms with Crippen LogP contribution in [-0.2, 0) is 6.42 Å². The highest BCUT2D eigenvalue weighted by Crippen LogP contribution is 2.40. The molecule has 0 bridgehead atoms. The molecule has 0 aliphatic heterocycles. The molecule has 0 radical (unpaired) electrons. The summed E-state index contributed by atoms with van der Waals surface area (Å²) >= 11 is 39.2. The van der Waals surface area contributed by atoms with Crippen LogP contribution < -0.4 is 0 Å². The Morgan fingerprint density at radius 3 is 1.56 bits per heavy atom. The maximum Gasteiger partial charge on any atom is 0.358 e. The second-order valence-electron chi connectivity index (χ2n) is 3.26. The fourth-order valence-electron chi connectivity index (χ4n) is 0.837. The third-order valence-electron chi connectivity index (χ3n) is 1.90. The van der Waals surface area contributed by atoms with Gasteiger partial charge in [-0.3, -0.25) is 0 Å². The van der Waals surface area contributed by atoms with Crippen molar-refractivity contribution in [3.8, 4) is 0 Å². The SMILES string of the molecule is CCc1ccccc1.Cl[SiH](Cl)[Si](Cl)(Cl)[Si](Cl)(Cl)Cl. The van der Waals surface area contributed by atoms with Crippen LogP contribution in [0.15, 0.2) is 30.3 Å². The largest absolute Gasteiger partial charge is 0.358 e. The minimum atomic E-state index is -3.06. The average Bonchev–Trinajstić information content (AvgIpc) is 2.29. The Labute approximate surface area is 144 Å². The Bertz CT molecular complexity index is 338. The van der Waals surface area contributed by atoms with Gasteiger partial charge in [0.2, 0.25) is 0 Å². The van der Waals surface area contributed by atoms with Crippen LogP contribution >= 0.6 is 77.6 Å². The Kier molecular flexibility index (Phi) is 9.98. The van der Waals surface area contributed by atoms with Crippen molar-refractivity contribution in [3.05, 3.63) is 35.9 Å². The summed E-state index contributed by atoms with van der Waals surface area (Å²) in [6.07, 6.45) is 1.14. The molecule has 0 atom stereocenters. The Morgan fingerprint density at radius 2 is 1.39 bits per heavy atom. The molecule has 0 N–H and O–H groups in total. The topological polar surface area (TPSA) is 0 Å². The summed E-state index contributed by atoms with van der Waals surface area (Å²) in [5.41, 5.74) is -4.59. The molecular weight excluding hydrogens is 429 g/mol. The van der Waals surface area contributed by atoms with Gasteiger partial charge in [0.25, 0.3) is 6.93 Å². The lowest BCUT2D eigenvalue weighted by atomic mass is 10.2. The Morgan fingerprint density at radius 1 is 0.944 bits per heavy atom. The van der Waals surface area contributed by atoms with Crippen molar-refractivity contribution in [2.45, 2.75) is 13.3 Å². The fourth-order valence-corrected chi connectivity index (χ4v) is 30.8. The highest BCUT2D eigenvalue weighted by molar-refractivity contribution is 8.17. The van der Waals surface area contributed by atoms with E-state index >= 15 is 0 Å². The van der Waals surface area contributed by atoms with E-state index in [4.69, 9.17) is 77.6 Å². The lowest BCUT2D eigenvalue weighted by Gasteiger charge is -2.21. The molecule has 0 spiro atoms. The summed E-state index contributed by atoms with van der Waals surface area (Å²) in [6.45, 7) is -0.0625. The molecule has 0 amide bonds. The zero-order chi connectivity index (χ0) is 14.4. The molecule has 0 aromatic heterocycles. The molecule has 0 unspecified atom stereocenters. The van der Waals surface area contributed by atoms with Gasteiger partial charge < -0.3 is 0 Å². The van der Waals surface area contributed by atoms with Gasteiger partial charge in [0, 0.05) is 0 Å². The first-order valence-corrected chi connectivity index (χ1v) is 20.3. The van der Waals surface area contributed by atoms with E-state index in [-0.39, 0.29) is 0 Å². The van der Waals surface area contributed by atoms with Crippen molar-refractivity contribution >= 4 is 95.7 Å². The molecule has 0 fully saturated rings. The number of aryl methyl sites for hydroxylation is 1. The number of halogens is 7. The third kappa shape index (κ3) is 7.07. The van der Waals surface area contributed by atoms with Gasteiger partial charge in [0.15, 0.2) is 0 Å². The van der Waals surface area contributed by atoms with E-state index in [1.807, 2.05) is 6.07 Å². The van der Waals surface area contributed by atoms with Crippen LogP contribution in [-0.4, -0.2) is 18.2 Å². The predicted molar refractivity (Wildman–Crippen MR) is 95.4 cm³/mol. The molecule has 0 heterocycles. The molecule has 0 saturated carbocycles. The van der Waals surface area contributed by atoms with Crippen LogP contribution in [0.3, 0.4) is 0 Å². The maximum atomic E-state index is 5.72. The van der Waals surface area contributed by atoms with Gasteiger partial charge >= 0.3 is 11.2 Å². The molecule has 1 aromatic carbocycles. The van der Waals surface area contributed by atoms with E-state index in [0.29, 0.717) is 0 Å². The minimum absolute atomic E-state index is 1.14. The van der Waals surface area contributed by atoms with Crippen molar-refractivity contribution in [2.75, 3.05) is 0 Å². The second-order valence-corrected chi connectivity index (χ2v) is 40.2. The molecule has 18 heavy (non-hydrogen) atoms. The van der Waals surface area contributed by atoms with Crippen LogP contribution in [0.25, 0.3) is 0 Å². The predicted octanol–water partition coefficient (Wildman–Crippen LogP) is 5.67. The molecule has 0 aliphatic rings. The average molecular weight is 440 g/mol. The zero-order valence-corrected chi connectivity index (χ0v) is 17.8. The highest BCUT2D eigenvalue weighted by Gasteiger charge is 2.58. The summed E-state index contributed by atoms with van der Waals surface area (Å²) < 4.78 is 0. The van der Waals surface area contributed by atoms with E-state index in [9.17, 15) is 0 Å². The number of hydrogen-bond acceptors (Lipinski definition) is 0. The van der Waals surface area contributed by atoms with Crippen LogP contribution in [0.5, 0.6) is 0 Å². The molecule has 104 valence electrons. The molecule has 1 aromatic rings. The van der Waals surface area contributed by atoms with Gasteiger partial charge in [-0.15, -0.1) is 55.4 Å². The van der Waals surface area contributed by atoms with Gasteiger partial charge in [-0.1, -0.05) is 37.3 Å². The van der Waals surface area contributed by atoms with Crippen molar-refractivity contribution in [3.63, 3.8) is 0 Å². The molecule has 0 aliphatic carbocycles. The van der Waals surface area contributed by atoms with Gasteiger partial charge in [-0.2, -0.15) is 22.2 Å². The maximum absolute atomic E-state index is 5.72. The number of benzene rings is 1. The molecule has 0 nitrogen and oxygen atoms in total. The first kappa shape index (κ1) is 19.9.